The minimum absolute atomic E-state index is 0. The van der Waals surface area contributed by atoms with Crippen LogP contribution in [0.15, 0.2) is 35.5 Å². The van der Waals surface area contributed by atoms with Crippen LogP contribution in [0.3, 0.4) is 0 Å². The minimum Gasteiger partial charge on any atom is -0.491 e. The highest BCUT2D eigenvalue weighted by Gasteiger charge is 2.09. The molecule has 0 saturated carbocycles. The molecule has 2 aromatic rings. The van der Waals surface area contributed by atoms with Gasteiger partial charge in [-0.2, -0.15) is 0 Å². The van der Waals surface area contributed by atoms with E-state index in [9.17, 15) is 5.11 Å². The van der Waals surface area contributed by atoms with Crippen molar-refractivity contribution in [3.8, 4) is 5.75 Å². The van der Waals surface area contributed by atoms with E-state index in [4.69, 9.17) is 4.74 Å². The monoisotopic (exact) mass is 518 g/mol. The first-order valence-electron chi connectivity index (χ1n) is 9.42. The number of aliphatic hydroxyl groups is 1. The number of rotatable bonds is 9. The average Bonchev–Trinajstić information content (AvgIpc) is 3.12. The molecule has 0 fully saturated rings. The van der Waals surface area contributed by atoms with E-state index in [-0.39, 0.29) is 30.1 Å². The lowest BCUT2D eigenvalue weighted by Crippen LogP contribution is -2.39. The van der Waals surface area contributed by atoms with Gasteiger partial charge in [-0.3, -0.25) is 0 Å². The Morgan fingerprint density at radius 1 is 1.21 bits per heavy atom. The maximum Gasteiger partial charge on any atom is 0.191 e. The van der Waals surface area contributed by atoms with Gasteiger partial charge < -0.3 is 20.5 Å². The van der Waals surface area contributed by atoms with Crippen LogP contribution in [-0.4, -0.2) is 35.2 Å². The summed E-state index contributed by atoms with van der Waals surface area (Å²) in [5, 5.41) is 17.8. The predicted molar refractivity (Wildman–Crippen MR) is 127 cm³/mol. The Morgan fingerprint density at radius 2 is 1.93 bits per heavy atom. The van der Waals surface area contributed by atoms with Crippen LogP contribution in [-0.2, 0) is 13.0 Å². The van der Waals surface area contributed by atoms with E-state index < -0.39 is 6.10 Å². The number of aliphatic imine (C=N–C) groups is 1. The first kappa shape index (κ1) is 24.6. The van der Waals surface area contributed by atoms with Crippen LogP contribution in [0.2, 0.25) is 0 Å². The molecule has 1 aromatic carbocycles. The fourth-order valence-corrected chi connectivity index (χ4v) is 3.21. The largest absolute Gasteiger partial charge is 0.491 e. The van der Waals surface area contributed by atoms with E-state index in [1.165, 1.54) is 4.88 Å². The van der Waals surface area contributed by atoms with Crippen molar-refractivity contribution in [1.82, 2.24) is 15.6 Å². The first-order chi connectivity index (χ1) is 13.0. The number of aliphatic hydroxyl groups excluding tert-OH is 1. The summed E-state index contributed by atoms with van der Waals surface area (Å²) in [5.74, 6) is 1.48. The van der Waals surface area contributed by atoms with Crippen LogP contribution in [0, 0.1) is 0 Å². The predicted octanol–water partition coefficient (Wildman–Crippen LogP) is 3.90. The van der Waals surface area contributed by atoms with Gasteiger partial charge in [0.2, 0.25) is 0 Å². The van der Waals surface area contributed by atoms with E-state index in [1.54, 1.807) is 11.3 Å². The Labute approximate surface area is 188 Å². The van der Waals surface area contributed by atoms with Gasteiger partial charge in [0.15, 0.2) is 5.96 Å². The molecule has 0 spiro atoms. The summed E-state index contributed by atoms with van der Waals surface area (Å²) in [4.78, 5) is 10.2. The number of nitrogens with one attached hydrogen (secondary N) is 2. The Morgan fingerprint density at radius 3 is 2.50 bits per heavy atom. The zero-order valence-corrected chi connectivity index (χ0v) is 20.1. The number of aryl methyl sites for hydroxylation is 1. The second-order valence-corrected chi connectivity index (χ2v) is 7.60. The molecule has 0 radical (unpaired) electrons. The molecule has 1 aromatic heterocycles. The number of hydrogen-bond acceptors (Lipinski definition) is 5. The van der Waals surface area contributed by atoms with Crippen LogP contribution in [0.4, 0.5) is 0 Å². The standard InChI is InChI=1S/C20H30N4O2S.HI/c1-5-17-11-22-19(27-17)13-24-20(21-6-2)23-12-18(25)15-7-9-16(10-8-15)26-14(3)4;/h7-11,14,18,25H,5-6,12-13H2,1-4H3,(H2,21,23,24);1H. The number of halogens is 1. The molecule has 1 unspecified atom stereocenters. The van der Waals surface area contributed by atoms with Crippen molar-refractivity contribution in [3.05, 3.63) is 45.9 Å². The van der Waals surface area contributed by atoms with Crippen LogP contribution in [0.25, 0.3) is 0 Å². The van der Waals surface area contributed by atoms with Gasteiger partial charge in [0, 0.05) is 24.2 Å². The Bertz CT molecular complexity index is 719. The molecule has 0 bridgehead atoms. The SMILES string of the molecule is CCNC(=NCc1ncc(CC)s1)NCC(O)c1ccc(OC(C)C)cc1.I. The van der Waals surface area contributed by atoms with Gasteiger partial charge in [-0.1, -0.05) is 19.1 Å². The van der Waals surface area contributed by atoms with Crippen LogP contribution in [0.5, 0.6) is 5.75 Å². The lowest BCUT2D eigenvalue weighted by molar-refractivity contribution is 0.180. The van der Waals surface area contributed by atoms with Gasteiger partial charge in [0.1, 0.15) is 10.8 Å². The van der Waals surface area contributed by atoms with Gasteiger partial charge in [-0.15, -0.1) is 35.3 Å². The van der Waals surface area contributed by atoms with Crippen molar-refractivity contribution in [3.63, 3.8) is 0 Å². The number of aromatic nitrogens is 1. The Hall–Kier alpha value is -1.39. The van der Waals surface area contributed by atoms with E-state index in [0.717, 1.165) is 29.3 Å². The van der Waals surface area contributed by atoms with Gasteiger partial charge in [0.05, 0.1) is 18.8 Å². The second kappa shape index (κ2) is 12.9. The molecular formula is C20H31IN4O2S. The van der Waals surface area contributed by atoms with E-state index in [1.807, 2.05) is 51.2 Å². The van der Waals surface area contributed by atoms with Gasteiger partial charge in [0.25, 0.3) is 0 Å². The topological polar surface area (TPSA) is 78.8 Å². The molecule has 0 saturated heterocycles. The molecule has 156 valence electrons. The van der Waals surface area contributed by atoms with Gasteiger partial charge in [-0.25, -0.2) is 9.98 Å². The fraction of sp³-hybridized carbons (Fsp3) is 0.500. The number of nitrogens with zero attached hydrogens (tertiary/aromatic N) is 2. The molecule has 1 atom stereocenters. The van der Waals surface area contributed by atoms with Crippen molar-refractivity contribution in [2.45, 2.75) is 52.9 Å². The highest BCUT2D eigenvalue weighted by Crippen LogP contribution is 2.18. The second-order valence-electron chi connectivity index (χ2n) is 6.40. The average molecular weight is 518 g/mol. The third-order valence-corrected chi connectivity index (χ3v) is 4.89. The normalized spacial score (nSPS) is 12.4. The number of thiazole rings is 1. The fourth-order valence-electron chi connectivity index (χ4n) is 2.42. The summed E-state index contributed by atoms with van der Waals surface area (Å²) in [6.45, 7) is 9.76. The van der Waals surface area contributed by atoms with Crippen LogP contribution < -0.4 is 15.4 Å². The number of hydrogen-bond donors (Lipinski definition) is 3. The van der Waals surface area contributed by atoms with E-state index >= 15 is 0 Å². The maximum atomic E-state index is 10.4. The molecule has 6 nitrogen and oxygen atoms in total. The van der Waals surface area contributed by atoms with Crippen molar-refractivity contribution in [1.29, 1.82) is 0 Å². The summed E-state index contributed by atoms with van der Waals surface area (Å²) < 4.78 is 5.63. The Kier molecular flexibility index (Phi) is 11.4. The van der Waals surface area contributed by atoms with Crippen molar-refractivity contribution < 1.29 is 9.84 Å². The summed E-state index contributed by atoms with van der Waals surface area (Å²) >= 11 is 1.68. The summed E-state index contributed by atoms with van der Waals surface area (Å²) in [6.07, 6.45) is 2.40. The molecule has 0 aliphatic carbocycles. The number of guanidine groups is 1. The van der Waals surface area contributed by atoms with E-state index in [2.05, 4.69) is 27.5 Å². The first-order valence-corrected chi connectivity index (χ1v) is 10.2. The lowest BCUT2D eigenvalue weighted by atomic mass is 10.1. The van der Waals surface area contributed by atoms with Crippen LogP contribution >= 0.6 is 35.3 Å². The van der Waals surface area contributed by atoms with E-state index in [0.29, 0.717) is 19.0 Å². The van der Waals surface area contributed by atoms with Crippen molar-refractivity contribution in [2.24, 2.45) is 4.99 Å². The smallest absolute Gasteiger partial charge is 0.191 e. The minimum atomic E-state index is -0.631. The zero-order valence-electron chi connectivity index (χ0n) is 16.9. The molecule has 8 heteroatoms. The summed E-state index contributed by atoms with van der Waals surface area (Å²) in [5.41, 5.74) is 0.835. The zero-order chi connectivity index (χ0) is 19.6. The molecular weight excluding hydrogens is 487 g/mol. The molecule has 1 heterocycles. The van der Waals surface area contributed by atoms with Gasteiger partial charge >= 0.3 is 0 Å². The number of ether oxygens (including phenoxy) is 1. The van der Waals surface area contributed by atoms with Crippen molar-refractivity contribution in [2.75, 3.05) is 13.1 Å². The highest BCUT2D eigenvalue weighted by molar-refractivity contribution is 14.0. The quantitative estimate of drug-likeness (QED) is 0.267. The molecule has 28 heavy (non-hydrogen) atoms. The number of benzene rings is 1. The van der Waals surface area contributed by atoms with Crippen molar-refractivity contribution >= 4 is 41.3 Å². The molecule has 0 aliphatic rings. The molecule has 0 amide bonds. The highest BCUT2D eigenvalue weighted by atomic mass is 127. The van der Waals surface area contributed by atoms with Crippen LogP contribution in [0.1, 0.15) is 49.2 Å². The maximum absolute atomic E-state index is 10.4. The third-order valence-electron chi connectivity index (χ3n) is 3.77. The lowest BCUT2D eigenvalue weighted by Gasteiger charge is -2.16. The summed E-state index contributed by atoms with van der Waals surface area (Å²) in [6, 6.07) is 7.53. The molecule has 0 aliphatic heterocycles. The van der Waals surface area contributed by atoms with Gasteiger partial charge in [-0.05, 0) is 44.9 Å². The molecule has 3 N–H and O–H groups in total. The third kappa shape index (κ3) is 8.32. The summed E-state index contributed by atoms with van der Waals surface area (Å²) in [7, 11) is 0. The Balaban J connectivity index is 0.00000392. The molecule has 2 rings (SSSR count).